The average Bonchev–Trinajstić information content (AvgIpc) is 3.25. The SMILES string of the molecule is CCCCCCCCCCCCCCNC(=O)CC[C@H](NC(=O)c1ccc(N(C)Cc2cnc3nc(N)nc(N)c3n2)cc1)C(=O)NCCCCCCCCCCCCCC. The van der Waals surface area contributed by atoms with E-state index in [0.29, 0.717) is 42.1 Å². The van der Waals surface area contributed by atoms with Crippen LogP contribution in [0.5, 0.6) is 0 Å². The molecule has 0 saturated carbocycles. The van der Waals surface area contributed by atoms with Crippen molar-refractivity contribution in [2.24, 2.45) is 0 Å². The number of aromatic nitrogens is 4. The molecular weight excluding hydrogens is 765 g/mol. The van der Waals surface area contributed by atoms with Crippen LogP contribution in [0.2, 0.25) is 0 Å². The minimum atomic E-state index is -0.831. The third kappa shape index (κ3) is 21.7. The molecule has 61 heavy (non-hydrogen) atoms. The van der Waals surface area contributed by atoms with Crippen LogP contribution in [-0.4, -0.2) is 63.8 Å². The Balaban J connectivity index is 1.44. The maximum absolute atomic E-state index is 13.5. The minimum absolute atomic E-state index is 0.0424. The van der Waals surface area contributed by atoms with E-state index < -0.39 is 6.04 Å². The summed E-state index contributed by atoms with van der Waals surface area (Å²) >= 11 is 0. The second kappa shape index (κ2) is 31.3. The molecule has 3 amide bonds. The third-order valence-corrected chi connectivity index (χ3v) is 11.4. The summed E-state index contributed by atoms with van der Waals surface area (Å²) in [5, 5.41) is 8.98. The normalized spacial score (nSPS) is 11.7. The fraction of sp³-hybridized carbons (Fsp3) is 0.688. The van der Waals surface area contributed by atoms with Crippen molar-refractivity contribution < 1.29 is 14.4 Å². The quantitative estimate of drug-likeness (QED) is 0.0356. The largest absolute Gasteiger partial charge is 0.382 e. The Bertz CT molecular complexity index is 1670. The maximum atomic E-state index is 13.5. The summed E-state index contributed by atoms with van der Waals surface area (Å²) in [5.41, 5.74) is 14.3. The molecule has 13 heteroatoms. The van der Waals surface area contributed by atoms with Crippen molar-refractivity contribution in [1.29, 1.82) is 0 Å². The van der Waals surface area contributed by atoms with Crippen molar-refractivity contribution in [3.05, 3.63) is 41.7 Å². The van der Waals surface area contributed by atoms with Crippen LogP contribution in [0.15, 0.2) is 30.5 Å². The molecule has 3 aromatic rings. The number of anilines is 3. The summed E-state index contributed by atoms with van der Waals surface area (Å²) in [6, 6.07) is 6.30. The number of nitrogens with zero attached hydrogens (tertiary/aromatic N) is 5. The molecule has 1 aromatic carbocycles. The molecule has 0 aliphatic heterocycles. The van der Waals surface area contributed by atoms with Gasteiger partial charge in [-0.05, 0) is 43.5 Å². The van der Waals surface area contributed by atoms with E-state index in [4.69, 9.17) is 11.5 Å². The van der Waals surface area contributed by atoms with E-state index in [1.165, 1.54) is 122 Å². The van der Waals surface area contributed by atoms with Gasteiger partial charge in [-0.1, -0.05) is 155 Å². The number of carbonyl (C=O) groups excluding carboxylic acids is 3. The van der Waals surface area contributed by atoms with Crippen molar-refractivity contribution in [3.63, 3.8) is 0 Å². The zero-order chi connectivity index (χ0) is 43.9. The Morgan fingerprint density at radius 2 is 1.13 bits per heavy atom. The van der Waals surface area contributed by atoms with Gasteiger partial charge in [0.05, 0.1) is 18.4 Å². The Kier molecular flexibility index (Phi) is 26.1. The van der Waals surface area contributed by atoms with Gasteiger partial charge in [0.2, 0.25) is 17.8 Å². The highest BCUT2D eigenvalue weighted by Crippen LogP contribution is 2.20. The number of rotatable bonds is 35. The molecule has 0 bridgehead atoms. The summed E-state index contributed by atoms with van der Waals surface area (Å²) in [7, 11) is 1.91. The van der Waals surface area contributed by atoms with Crippen LogP contribution in [0.25, 0.3) is 11.2 Å². The monoisotopic (exact) mass is 845 g/mol. The fourth-order valence-corrected chi connectivity index (χ4v) is 7.63. The van der Waals surface area contributed by atoms with Crippen molar-refractivity contribution in [3.8, 4) is 0 Å². The summed E-state index contributed by atoms with van der Waals surface area (Å²) in [5.74, 6) is -0.514. The molecule has 0 saturated heterocycles. The highest BCUT2D eigenvalue weighted by molar-refractivity contribution is 5.98. The van der Waals surface area contributed by atoms with Gasteiger partial charge in [-0.3, -0.25) is 14.4 Å². The number of hydrogen-bond donors (Lipinski definition) is 5. The number of nitrogens with two attached hydrogens (primary N) is 2. The van der Waals surface area contributed by atoms with Crippen LogP contribution in [0.1, 0.15) is 197 Å². The lowest BCUT2D eigenvalue weighted by Gasteiger charge is -2.20. The first-order valence-electron chi connectivity index (χ1n) is 23.9. The molecule has 2 heterocycles. The second-order valence-electron chi connectivity index (χ2n) is 16.9. The molecule has 0 aliphatic carbocycles. The number of carbonyl (C=O) groups is 3. The molecule has 1 atom stereocenters. The topological polar surface area (TPSA) is 194 Å². The lowest BCUT2D eigenvalue weighted by atomic mass is 10.1. The van der Waals surface area contributed by atoms with Crippen molar-refractivity contribution >= 4 is 46.3 Å². The third-order valence-electron chi connectivity index (χ3n) is 11.4. The Hall–Kier alpha value is -4.55. The van der Waals surface area contributed by atoms with E-state index in [1.807, 2.05) is 24.1 Å². The molecule has 0 spiro atoms. The Morgan fingerprint density at radius 1 is 0.639 bits per heavy atom. The summed E-state index contributed by atoms with van der Waals surface area (Å²) in [6.07, 6.45) is 32.1. The lowest BCUT2D eigenvalue weighted by molar-refractivity contribution is -0.124. The number of nitrogen functional groups attached to an aromatic ring is 2. The van der Waals surface area contributed by atoms with Crippen molar-refractivity contribution in [2.45, 2.75) is 193 Å². The maximum Gasteiger partial charge on any atom is 0.251 e. The Morgan fingerprint density at radius 3 is 1.66 bits per heavy atom. The molecule has 2 aromatic heterocycles. The van der Waals surface area contributed by atoms with Gasteiger partial charge < -0.3 is 32.3 Å². The summed E-state index contributed by atoms with van der Waals surface area (Å²) < 4.78 is 0. The molecular formula is C48H80N10O3. The number of fused-ring (bicyclic) bond motifs is 1. The minimum Gasteiger partial charge on any atom is -0.382 e. The van der Waals surface area contributed by atoms with Crippen molar-refractivity contribution in [1.82, 2.24) is 35.9 Å². The number of unbranched alkanes of at least 4 members (excludes halogenated alkanes) is 22. The van der Waals surface area contributed by atoms with Crippen LogP contribution in [0.4, 0.5) is 17.5 Å². The first-order valence-corrected chi connectivity index (χ1v) is 23.9. The van der Waals surface area contributed by atoms with Gasteiger partial charge in [0.25, 0.3) is 5.91 Å². The zero-order valence-corrected chi connectivity index (χ0v) is 38.1. The second-order valence-corrected chi connectivity index (χ2v) is 16.9. The van der Waals surface area contributed by atoms with Gasteiger partial charge in [0, 0.05) is 37.8 Å². The van der Waals surface area contributed by atoms with E-state index in [0.717, 1.165) is 37.8 Å². The summed E-state index contributed by atoms with van der Waals surface area (Å²) in [4.78, 5) is 58.7. The first-order chi connectivity index (χ1) is 29.7. The highest BCUT2D eigenvalue weighted by Gasteiger charge is 2.22. The van der Waals surface area contributed by atoms with Gasteiger partial charge in [0.15, 0.2) is 17.0 Å². The zero-order valence-electron chi connectivity index (χ0n) is 38.1. The molecule has 0 fully saturated rings. The van der Waals surface area contributed by atoms with Gasteiger partial charge in [0.1, 0.15) is 6.04 Å². The van der Waals surface area contributed by atoms with E-state index in [-0.39, 0.29) is 42.3 Å². The summed E-state index contributed by atoms with van der Waals surface area (Å²) in [6.45, 7) is 6.10. The number of nitrogens with one attached hydrogen (secondary N) is 3. The Labute approximate surface area is 367 Å². The van der Waals surface area contributed by atoms with Gasteiger partial charge in [-0.25, -0.2) is 9.97 Å². The molecule has 3 rings (SSSR count). The predicted molar refractivity (Wildman–Crippen MR) is 251 cm³/mol. The van der Waals surface area contributed by atoms with Crippen LogP contribution in [0, 0.1) is 0 Å². The smallest absolute Gasteiger partial charge is 0.251 e. The first kappa shape index (κ1) is 50.8. The molecule has 13 nitrogen and oxygen atoms in total. The van der Waals surface area contributed by atoms with Crippen LogP contribution in [0.3, 0.4) is 0 Å². The fourth-order valence-electron chi connectivity index (χ4n) is 7.63. The van der Waals surface area contributed by atoms with Crippen LogP contribution in [-0.2, 0) is 16.1 Å². The molecule has 0 aliphatic rings. The standard InChI is InChI=1S/C48H80N10O3/c1-4-6-8-10-12-14-16-18-20-22-24-26-34-51-42(59)33-32-41(47(61)52-35-27-25-23-21-19-17-15-13-11-9-7-5-2)55-46(60)38-28-30-40(31-29-38)58(3)37-39-36-53-45-43(54-39)44(49)56-48(50)57-45/h28-31,36,41H,4-27,32-35,37H2,1-3H3,(H,51,59)(H,52,61)(H,55,60)(H4,49,50,53,56,57)/t41-/m0/s1. The van der Waals surface area contributed by atoms with Crippen LogP contribution >= 0.6 is 0 Å². The number of benzene rings is 1. The predicted octanol–water partition coefficient (Wildman–Crippen LogP) is 9.73. The molecule has 0 unspecified atom stereocenters. The van der Waals surface area contributed by atoms with Gasteiger partial charge in [-0.2, -0.15) is 9.97 Å². The number of amides is 3. The van der Waals surface area contributed by atoms with E-state index in [2.05, 4.69) is 49.7 Å². The molecule has 340 valence electrons. The molecule has 0 radical (unpaired) electrons. The molecule has 7 N–H and O–H groups in total. The lowest BCUT2D eigenvalue weighted by Crippen LogP contribution is -2.47. The van der Waals surface area contributed by atoms with E-state index in [1.54, 1.807) is 18.3 Å². The van der Waals surface area contributed by atoms with Gasteiger partial charge in [-0.15, -0.1) is 0 Å². The average molecular weight is 845 g/mol. The number of hydrogen-bond acceptors (Lipinski definition) is 10. The van der Waals surface area contributed by atoms with Crippen molar-refractivity contribution in [2.75, 3.05) is 36.5 Å². The van der Waals surface area contributed by atoms with Crippen LogP contribution < -0.4 is 32.3 Å². The van der Waals surface area contributed by atoms with Gasteiger partial charge >= 0.3 is 0 Å². The highest BCUT2D eigenvalue weighted by atomic mass is 16.2. The van der Waals surface area contributed by atoms with E-state index >= 15 is 0 Å². The van der Waals surface area contributed by atoms with E-state index in [9.17, 15) is 14.4 Å².